The Morgan fingerprint density at radius 1 is 1.12 bits per heavy atom. The number of fused-ring (bicyclic) bond motifs is 3. The van der Waals surface area contributed by atoms with E-state index in [-0.39, 0.29) is 59.4 Å². The summed E-state index contributed by atoms with van der Waals surface area (Å²) in [6.07, 6.45) is 6.36. The van der Waals surface area contributed by atoms with Crippen molar-refractivity contribution in [2.45, 2.75) is 76.0 Å². The number of carbonyl (C=O) groups excluding carboxylic acids is 1. The summed E-state index contributed by atoms with van der Waals surface area (Å²) in [7, 11) is 3.31. The minimum absolute atomic E-state index is 0.00136. The van der Waals surface area contributed by atoms with E-state index in [2.05, 4.69) is 14.9 Å². The number of aromatic hydroxyl groups is 1. The lowest BCUT2D eigenvalue weighted by Gasteiger charge is -2.38. The number of rotatable bonds is 8. The molecule has 0 unspecified atom stereocenters. The van der Waals surface area contributed by atoms with Crippen LogP contribution in [0.25, 0.3) is 32.9 Å². The van der Waals surface area contributed by atoms with Gasteiger partial charge in [0.1, 0.15) is 41.8 Å². The quantitative estimate of drug-likeness (QED) is 0.234. The molecule has 266 valence electrons. The maximum absolute atomic E-state index is 16.9. The van der Waals surface area contributed by atoms with E-state index in [1.165, 1.54) is 29.3 Å². The van der Waals surface area contributed by atoms with Crippen molar-refractivity contribution in [2.24, 2.45) is 0 Å². The maximum Gasteiger partial charge on any atom is 0.409 e. The summed E-state index contributed by atoms with van der Waals surface area (Å²) in [5, 5.41) is 23.0. The van der Waals surface area contributed by atoms with Crippen molar-refractivity contribution in [1.82, 2.24) is 24.8 Å². The summed E-state index contributed by atoms with van der Waals surface area (Å²) < 4.78 is 43.9. The third-order valence-electron chi connectivity index (χ3n) is 10.6. The second-order valence-electron chi connectivity index (χ2n) is 14.5. The highest BCUT2D eigenvalue weighted by atomic mass is 19.1. The average molecular weight is 691 g/mol. The molecule has 2 N–H and O–H groups in total. The van der Waals surface area contributed by atoms with Gasteiger partial charge in [0.05, 0.1) is 16.5 Å². The second-order valence-corrected chi connectivity index (χ2v) is 14.5. The summed E-state index contributed by atoms with van der Waals surface area (Å²) in [6.45, 7) is 5.87. The van der Waals surface area contributed by atoms with Gasteiger partial charge in [0.15, 0.2) is 5.82 Å². The molecule has 13 heteroatoms. The lowest BCUT2D eigenvalue weighted by molar-refractivity contribution is 0.0442. The number of nitrogens with zero attached hydrogens (tertiary/aromatic N) is 6. The number of phenols is 1. The first-order chi connectivity index (χ1) is 23.9. The number of hydrogen-bond acceptors (Lipinski definition) is 10. The van der Waals surface area contributed by atoms with Gasteiger partial charge in [0.25, 0.3) is 0 Å². The van der Waals surface area contributed by atoms with Gasteiger partial charge in [-0.3, -0.25) is 9.88 Å². The largest absolute Gasteiger partial charge is 0.508 e. The van der Waals surface area contributed by atoms with E-state index in [9.17, 15) is 15.0 Å². The molecule has 1 amide bonds. The van der Waals surface area contributed by atoms with Gasteiger partial charge in [-0.15, -0.1) is 0 Å². The number of pyridine rings is 1. The molecule has 0 bridgehead atoms. The molecule has 0 aliphatic carbocycles. The Hall–Kier alpha value is -4.36. The van der Waals surface area contributed by atoms with Crippen LogP contribution < -0.4 is 9.64 Å². The van der Waals surface area contributed by atoms with Gasteiger partial charge in [-0.1, -0.05) is 13.0 Å². The Labute approximate surface area is 289 Å². The van der Waals surface area contributed by atoms with Crippen molar-refractivity contribution in [3.05, 3.63) is 47.7 Å². The van der Waals surface area contributed by atoms with Crippen LogP contribution >= 0.6 is 0 Å². The number of benzene rings is 2. The SMILES string of the molecule is CCc1c(F)ccc2cc(O)cc(-c3ncc4c(N5CCC[C@@](C)(O)C5)nc(OC[C@@]56CCCN5[C@H](COC(=O)N(C)C)CC6)nc4c3F)c12. The van der Waals surface area contributed by atoms with E-state index >= 15 is 8.78 Å². The minimum atomic E-state index is -0.970. The number of carbonyl (C=O) groups is 1. The molecule has 0 saturated carbocycles. The third kappa shape index (κ3) is 6.14. The number of aryl methyl sites for hydroxylation is 1. The van der Waals surface area contributed by atoms with Crippen LogP contribution in [0.5, 0.6) is 11.8 Å². The van der Waals surface area contributed by atoms with Gasteiger partial charge in [-0.05, 0) is 92.9 Å². The van der Waals surface area contributed by atoms with Crippen LogP contribution in [0.3, 0.4) is 0 Å². The normalized spacial score (nSPS) is 23.8. The zero-order chi connectivity index (χ0) is 35.4. The van der Waals surface area contributed by atoms with Gasteiger partial charge in [0, 0.05) is 45.0 Å². The molecule has 0 radical (unpaired) electrons. The zero-order valence-corrected chi connectivity index (χ0v) is 29.0. The molecule has 3 aliphatic heterocycles. The summed E-state index contributed by atoms with van der Waals surface area (Å²) in [4.78, 5) is 31.8. The molecule has 2 aromatic heterocycles. The van der Waals surface area contributed by atoms with Crippen LogP contribution in [-0.4, -0.2) is 105 Å². The van der Waals surface area contributed by atoms with Crippen LogP contribution in [0.15, 0.2) is 30.5 Å². The Morgan fingerprint density at radius 3 is 2.68 bits per heavy atom. The lowest BCUT2D eigenvalue weighted by Crippen LogP contribution is -2.48. The Kier molecular flexibility index (Phi) is 8.92. The van der Waals surface area contributed by atoms with Gasteiger partial charge < -0.3 is 29.5 Å². The maximum atomic E-state index is 16.9. The fourth-order valence-electron chi connectivity index (χ4n) is 8.23. The Balaban J connectivity index is 1.29. The number of piperidine rings is 1. The first kappa shape index (κ1) is 34.1. The van der Waals surface area contributed by atoms with Crippen LogP contribution in [0, 0.1) is 11.6 Å². The van der Waals surface area contributed by atoms with Crippen molar-refractivity contribution < 1.29 is 33.3 Å². The standard InChI is InChI=1S/C37H44F2N6O5/c1-5-25-28(38)9-8-22-16-24(46)17-26(29(22)25)31-30(39)32-27(18-40-31)33(44-14-6-11-36(2,48)20-44)42-34(41-32)50-21-37-12-7-15-45(37)23(10-13-37)19-49-35(47)43(3)4/h8-9,16-18,23,46,48H,5-7,10-15,19-21H2,1-4H3/t23-,36+,37-/m0/s1. The molecule has 3 atom stereocenters. The first-order valence-electron chi connectivity index (χ1n) is 17.4. The van der Waals surface area contributed by atoms with Crippen molar-refractivity contribution in [2.75, 3.05) is 51.8 Å². The van der Waals surface area contributed by atoms with Crippen LogP contribution in [0.1, 0.15) is 57.9 Å². The van der Waals surface area contributed by atoms with E-state index < -0.39 is 17.2 Å². The van der Waals surface area contributed by atoms with Crippen molar-refractivity contribution >= 4 is 33.6 Å². The number of anilines is 1. The van der Waals surface area contributed by atoms with E-state index in [1.54, 1.807) is 27.1 Å². The number of β-amino-alcohol motifs (C(OH)–C–C–N with tert-alkyl or cyclic N) is 1. The Bertz CT molecular complexity index is 1960. The third-order valence-corrected chi connectivity index (χ3v) is 10.6. The first-order valence-corrected chi connectivity index (χ1v) is 17.4. The highest BCUT2D eigenvalue weighted by molar-refractivity contribution is 6.01. The van der Waals surface area contributed by atoms with Crippen LogP contribution in [0.4, 0.5) is 19.4 Å². The van der Waals surface area contributed by atoms with Crippen molar-refractivity contribution in [3.8, 4) is 23.0 Å². The molecule has 3 saturated heterocycles. The van der Waals surface area contributed by atoms with Crippen molar-refractivity contribution in [1.29, 1.82) is 0 Å². The highest BCUT2D eigenvalue weighted by Gasteiger charge is 2.50. The fourth-order valence-corrected chi connectivity index (χ4v) is 8.23. The van der Waals surface area contributed by atoms with E-state index in [0.717, 1.165) is 32.2 Å². The van der Waals surface area contributed by atoms with Gasteiger partial charge in [-0.25, -0.2) is 13.6 Å². The van der Waals surface area contributed by atoms with Crippen LogP contribution in [0.2, 0.25) is 0 Å². The monoisotopic (exact) mass is 690 g/mol. The smallest absolute Gasteiger partial charge is 0.409 e. The summed E-state index contributed by atoms with van der Waals surface area (Å²) in [6, 6.07) is 5.90. The molecular weight excluding hydrogens is 646 g/mol. The predicted octanol–water partition coefficient (Wildman–Crippen LogP) is 5.82. The van der Waals surface area contributed by atoms with Gasteiger partial charge in [-0.2, -0.15) is 9.97 Å². The number of aliphatic hydroxyl groups is 1. The number of hydrogen-bond donors (Lipinski definition) is 2. The van der Waals surface area contributed by atoms with Gasteiger partial charge >= 0.3 is 12.1 Å². The molecule has 3 fully saturated rings. The topological polar surface area (TPSA) is 124 Å². The predicted molar refractivity (Wildman–Crippen MR) is 186 cm³/mol. The lowest BCUT2D eigenvalue weighted by atomic mass is 9.94. The van der Waals surface area contributed by atoms with Crippen LogP contribution in [-0.2, 0) is 11.2 Å². The number of phenolic OH excluding ortho intramolecular Hbond substituents is 1. The second kappa shape index (κ2) is 13.1. The van der Waals surface area contributed by atoms with Gasteiger partial charge in [0.2, 0.25) is 0 Å². The molecule has 0 spiro atoms. The zero-order valence-electron chi connectivity index (χ0n) is 29.0. The highest BCUT2D eigenvalue weighted by Crippen LogP contribution is 2.44. The van der Waals surface area contributed by atoms with E-state index in [4.69, 9.17) is 14.5 Å². The summed E-state index contributed by atoms with van der Waals surface area (Å²) in [5.41, 5.74) is -0.716. The molecule has 7 rings (SSSR count). The van der Waals surface area contributed by atoms with E-state index in [1.807, 2.05) is 11.8 Å². The number of ether oxygens (including phenoxy) is 2. The minimum Gasteiger partial charge on any atom is -0.508 e. The molecule has 4 aromatic rings. The van der Waals surface area contributed by atoms with Crippen molar-refractivity contribution in [3.63, 3.8) is 0 Å². The molecule has 2 aromatic carbocycles. The summed E-state index contributed by atoms with van der Waals surface area (Å²) >= 11 is 0. The molecule has 50 heavy (non-hydrogen) atoms. The number of halogens is 2. The molecule has 5 heterocycles. The number of amides is 1. The van der Waals surface area contributed by atoms with E-state index in [0.29, 0.717) is 60.0 Å². The molecule has 11 nitrogen and oxygen atoms in total. The molecular formula is C37H44F2N6O5. The number of aromatic nitrogens is 3. The average Bonchev–Trinajstić information content (AvgIpc) is 3.65. The Morgan fingerprint density at radius 2 is 1.92 bits per heavy atom. The molecule has 3 aliphatic rings. The summed E-state index contributed by atoms with van der Waals surface area (Å²) in [5.74, 6) is -0.861. The fraction of sp³-hybridized carbons (Fsp3) is 0.514.